The van der Waals surface area contributed by atoms with Crippen molar-refractivity contribution in [3.05, 3.63) is 35.6 Å². The zero-order chi connectivity index (χ0) is 11.4. The molecule has 2 unspecified atom stereocenters. The molecule has 1 rings (SSSR count). The highest BCUT2D eigenvalue weighted by molar-refractivity contribution is 5.73. The van der Waals surface area contributed by atoms with Gasteiger partial charge in [0.15, 0.2) is 6.10 Å². The molecule has 0 aliphatic heterocycles. The smallest absolute Gasteiger partial charge is 0.333 e. The van der Waals surface area contributed by atoms with Crippen LogP contribution in [-0.4, -0.2) is 22.3 Å². The summed E-state index contributed by atoms with van der Waals surface area (Å²) in [6.45, 7) is 1.75. The molecule has 0 heterocycles. The van der Waals surface area contributed by atoms with E-state index >= 15 is 0 Å². The van der Waals surface area contributed by atoms with Crippen molar-refractivity contribution in [2.45, 2.75) is 25.4 Å². The second-order valence-corrected chi connectivity index (χ2v) is 3.35. The van der Waals surface area contributed by atoms with Crippen molar-refractivity contribution in [1.82, 2.24) is 0 Å². The van der Waals surface area contributed by atoms with Crippen molar-refractivity contribution in [3.63, 3.8) is 0 Å². The normalized spacial score (nSPS) is 14.6. The van der Waals surface area contributed by atoms with E-state index in [9.17, 15) is 14.3 Å². The van der Waals surface area contributed by atoms with Crippen LogP contribution in [0.25, 0.3) is 0 Å². The topological polar surface area (TPSA) is 57.5 Å². The lowest BCUT2D eigenvalue weighted by atomic mass is 9.91. The van der Waals surface area contributed by atoms with Gasteiger partial charge in [0.05, 0.1) is 0 Å². The second-order valence-electron chi connectivity index (χ2n) is 3.35. The SMILES string of the molecule is CCC(c1cccc(F)c1)C(O)C(=O)O. The lowest BCUT2D eigenvalue weighted by Gasteiger charge is -2.18. The molecule has 0 amide bonds. The third-order valence-corrected chi connectivity index (χ3v) is 2.35. The number of hydrogen-bond donors (Lipinski definition) is 2. The first-order valence-electron chi connectivity index (χ1n) is 4.72. The summed E-state index contributed by atoms with van der Waals surface area (Å²) in [5.74, 6) is -2.28. The Hall–Kier alpha value is -1.42. The summed E-state index contributed by atoms with van der Waals surface area (Å²) in [5.41, 5.74) is 0.507. The van der Waals surface area contributed by atoms with Gasteiger partial charge in [-0.25, -0.2) is 9.18 Å². The number of aliphatic hydroxyl groups is 1. The molecule has 82 valence electrons. The van der Waals surface area contributed by atoms with E-state index in [1.165, 1.54) is 18.2 Å². The molecule has 0 aliphatic carbocycles. The maximum absolute atomic E-state index is 12.9. The van der Waals surface area contributed by atoms with Crippen molar-refractivity contribution in [1.29, 1.82) is 0 Å². The molecule has 1 aromatic rings. The number of rotatable bonds is 4. The van der Waals surface area contributed by atoms with Crippen LogP contribution in [0.1, 0.15) is 24.8 Å². The van der Waals surface area contributed by atoms with Gasteiger partial charge in [0.25, 0.3) is 0 Å². The van der Waals surface area contributed by atoms with E-state index in [1.807, 2.05) is 0 Å². The molecule has 2 N–H and O–H groups in total. The average Bonchev–Trinajstić information content (AvgIpc) is 2.18. The van der Waals surface area contributed by atoms with Gasteiger partial charge in [0, 0.05) is 5.92 Å². The first-order valence-corrected chi connectivity index (χ1v) is 4.72. The predicted octanol–water partition coefficient (Wildman–Crippen LogP) is 1.76. The van der Waals surface area contributed by atoms with E-state index in [0.29, 0.717) is 12.0 Å². The monoisotopic (exact) mass is 212 g/mol. The molecule has 2 atom stereocenters. The molecular formula is C11H13FO3. The molecule has 0 fully saturated rings. The van der Waals surface area contributed by atoms with Crippen LogP contribution in [0.5, 0.6) is 0 Å². The van der Waals surface area contributed by atoms with Crippen molar-refractivity contribution in [2.24, 2.45) is 0 Å². The first-order chi connectivity index (χ1) is 7.06. The molecule has 4 heteroatoms. The number of aliphatic hydroxyl groups excluding tert-OH is 1. The van der Waals surface area contributed by atoms with Crippen LogP contribution in [0.4, 0.5) is 4.39 Å². The molecule has 0 aliphatic rings. The first kappa shape index (κ1) is 11.7. The standard InChI is InChI=1S/C11H13FO3/c1-2-9(10(13)11(14)15)7-4-3-5-8(12)6-7/h3-6,9-10,13H,2H2,1H3,(H,14,15). The Morgan fingerprint density at radius 1 is 1.53 bits per heavy atom. The van der Waals surface area contributed by atoms with Gasteiger partial charge in [-0.3, -0.25) is 0 Å². The summed E-state index contributed by atoms with van der Waals surface area (Å²) >= 11 is 0. The molecule has 0 bridgehead atoms. The highest BCUT2D eigenvalue weighted by atomic mass is 19.1. The summed E-state index contributed by atoms with van der Waals surface area (Å²) < 4.78 is 12.9. The van der Waals surface area contributed by atoms with Gasteiger partial charge in [-0.1, -0.05) is 19.1 Å². The van der Waals surface area contributed by atoms with E-state index in [2.05, 4.69) is 0 Å². The minimum absolute atomic E-state index is 0.427. The van der Waals surface area contributed by atoms with Gasteiger partial charge in [-0.2, -0.15) is 0 Å². The minimum atomic E-state index is -1.49. The number of carboxylic acid groups (broad SMARTS) is 1. The zero-order valence-corrected chi connectivity index (χ0v) is 8.35. The van der Waals surface area contributed by atoms with Crippen LogP contribution < -0.4 is 0 Å². The Kier molecular flexibility index (Phi) is 3.80. The number of halogens is 1. The van der Waals surface area contributed by atoms with E-state index < -0.39 is 23.8 Å². The van der Waals surface area contributed by atoms with Crippen LogP contribution in [0.2, 0.25) is 0 Å². The van der Waals surface area contributed by atoms with Crippen LogP contribution in [0.3, 0.4) is 0 Å². The molecular weight excluding hydrogens is 199 g/mol. The molecule has 0 saturated carbocycles. The van der Waals surface area contributed by atoms with Crippen molar-refractivity contribution >= 4 is 5.97 Å². The molecule has 1 aromatic carbocycles. The van der Waals surface area contributed by atoms with Crippen molar-refractivity contribution in [2.75, 3.05) is 0 Å². The Morgan fingerprint density at radius 3 is 2.67 bits per heavy atom. The third-order valence-electron chi connectivity index (χ3n) is 2.35. The Bertz CT molecular complexity index is 351. The largest absolute Gasteiger partial charge is 0.479 e. The molecule has 3 nitrogen and oxygen atoms in total. The Morgan fingerprint density at radius 2 is 2.20 bits per heavy atom. The number of hydrogen-bond acceptors (Lipinski definition) is 2. The summed E-state index contributed by atoms with van der Waals surface area (Å²) in [4.78, 5) is 10.6. The molecule has 15 heavy (non-hydrogen) atoms. The van der Waals surface area contributed by atoms with E-state index in [0.717, 1.165) is 0 Å². The van der Waals surface area contributed by atoms with Gasteiger partial charge in [-0.05, 0) is 24.1 Å². The van der Waals surface area contributed by atoms with Gasteiger partial charge in [0.2, 0.25) is 0 Å². The predicted molar refractivity (Wildman–Crippen MR) is 53.1 cm³/mol. The second kappa shape index (κ2) is 4.89. The quantitative estimate of drug-likeness (QED) is 0.799. The van der Waals surface area contributed by atoms with Gasteiger partial charge in [0.1, 0.15) is 5.82 Å². The number of aliphatic carboxylic acids is 1. The van der Waals surface area contributed by atoms with Crippen molar-refractivity contribution in [3.8, 4) is 0 Å². The third kappa shape index (κ3) is 2.76. The van der Waals surface area contributed by atoms with Crippen LogP contribution >= 0.6 is 0 Å². The van der Waals surface area contributed by atoms with Gasteiger partial charge >= 0.3 is 5.97 Å². The zero-order valence-electron chi connectivity index (χ0n) is 8.35. The van der Waals surface area contributed by atoms with Crippen LogP contribution in [-0.2, 0) is 4.79 Å². The van der Waals surface area contributed by atoms with E-state index in [1.54, 1.807) is 13.0 Å². The summed E-state index contributed by atoms with van der Waals surface area (Å²) in [5, 5.41) is 18.1. The molecule has 0 saturated heterocycles. The number of benzene rings is 1. The lowest BCUT2D eigenvalue weighted by Crippen LogP contribution is -2.27. The van der Waals surface area contributed by atoms with Gasteiger partial charge < -0.3 is 10.2 Å². The number of carboxylic acids is 1. The fourth-order valence-corrected chi connectivity index (χ4v) is 1.55. The minimum Gasteiger partial charge on any atom is -0.479 e. The summed E-state index contributed by atoms with van der Waals surface area (Å²) in [6, 6.07) is 5.65. The highest BCUT2D eigenvalue weighted by Gasteiger charge is 2.25. The fourth-order valence-electron chi connectivity index (χ4n) is 1.55. The molecule has 0 spiro atoms. The van der Waals surface area contributed by atoms with E-state index in [4.69, 9.17) is 5.11 Å². The fraction of sp³-hybridized carbons (Fsp3) is 0.364. The Balaban J connectivity index is 2.97. The number of carbonyl (C=O) groups is 1. The summed E-state index contributed by atoms with van der Waals surface area (Å²) in [7, 11) is 0. The Labute approximate surface area is 87.2 Å². The van der Waals surface area contributed by atoms with Crippen LogP contribution in [0, 0.1) is 5.82 Å². The van der Waals surface area contributed by atoms with Gasteiger partial charge in [-0.15, -0.1) is 0 Å². The van der Waals surface area contributed by atoms with Crippen LogP contribution in [0.15, 0.2) is 24.3 Å². The summed E-state index contributed by atoms with van der Waals surface area (Å²) in [6.07, 6.45) is -1.05. The molecule has 0 aromatic heterocycles. The highest BCUT2D eigenvalue weighted by Crippen LogP contribution is 2.24. The lowest BCUT2D eigenvalue weighted by molar-refractivity contribution is -0.147. The maximum Gasteiger partial charge on any atom is 0.333 e. The average molecular weight is 212 g/mol. The van der Waals surface area contributed by atoms with Crippen molar-refractivity contribution < 1.29 is 19.4 Å². The maximum atomic E-state index is 12.9. The molecule has 0 radical (unpaired) electrons. The van der Waals surface area contributed by atoms with E-state index in [-0.39, 0.29) is 0 Å².